The number of hydrogen-bond donors (Lipinski definition) is 2. The van der Waals surface area contributed by atoms with Gasteiger partial charge in [-0.1, -0.05) is 67.3 Å². The Morgan fingerprint density at radius 3 is 2.22 bits per heavy atom. The first-order chi connectivity index (χ1) is 17.8. The molecule has 2 aromatic carbocycles. The van der Waals surface area contributed by atoms with Crippen molar-refractivity contribution in [2.75, 3.05) is 13.1 Å². The molecule has 2 atom stereocenters. The van der Waals surface area contributed by atoms with Crippen LogP contribution in [-0.2, 0) is 20.8 Å². The summed E-state index contributed by atoms with van der Waals surface area (Å²) in [6.07, 6.45) is 3.60. The van der Waals surface area contributed by atoms with Gasteiger partial charge in [0.2, 0.25) is 5.91 Å². The van der Waals surface area contributed by atoms with Gasteiger partial charge in [-0.05, 0) is 43.4 Å². The predicted molar refractivity (Wildman–Crippen MR) is 139 cm³/mol. The topological polar surface area (TPSA) is 107 Å². The van der Waals surface area contributed by atoms with E-state index >= 15 is 0 Å². The molecule has 1 aliphatic carbocycles. The van der Waals surface area contributed by atoms with Crippen LogP contribution in [0.3, 0.4) is 0 Å². The van der Waals surface area contributed by atoms with E-state index in [4.69, 9.17) is 0 Å². The molecular formula is C29H35N3O5. The number of carbonyl (C=O) groups is 4. The maximum Gasteiger partial charge on any atom is 0.305 e. The standard InChI is InChI=1S/C29H35N3O5/c1-20-12-14-23(15-13-20)29(37)32-17-16-31(25(33)18-21-8-4-2-5-9-21)28(32)27(36)30-24(19-26(34)35)22-10-6-3-7-11-22/h2,4-5,8-9,12-15,22,24,28H,3,6-7,10-11,16-19H2,1H3,(H,30,36)(H,34,35). The van der Waals surface area contributed by atoms with Gasteiger partial charge in [0.15, 0.2) is 6.17 Å². The van der Waals surface area contributed by atoms with Gasteiger partial charge in [0, 0.05) is 24.7 Å². The molecule has 0 aromatic heterocycles. The Bertz CT molecular complexity index is 1110. The maximum absolute atomic E-state index is 13.8. The molecule has 2 fully saturated rings. The third-order valence-corrected chi connectivity index (χ3v) is 7.43. The van der Waals surface area contributed by atoms with Crippen molar-refractivity contribution >= 4 is 23.7 Å². The Kier molecular flexibility index (Phi) is 8.58. The molecular weight excluding hydrogens is 470 g/mol. The van der Waals surface area contributed by atoms with Crippen molar-refractivity contribution in [2.45, 2.75) is 64.1 Å². The quantitative estimate of drug-likeness (QED) is 0.572. The molecule has 37 heavy (non-hydrogen) atoms. The van der Waals surface area contributed by atoms with E-state index in [1.165, 1.54) is 9.80 Å². The van der Waals surface area contributed by atoms with Crippen LogP contribution < -0.4 is 5.32 Å². The van der Waals surface area contributed by atoms with Crippen LogP contribution in [0, 0.1) is 12.8 Å². The highest BCUT2D eigenvalue weighted by atomic mass is 16.4. The smallest absolute Gasteiger partial charge is 0.305 e. The minimum atomic E-state index is -1.13. The SMILES string of the molecule is Cc1ccc(C(=O)N2CCN(C(=O)Cc3ccccc3)C2C(=O)NC(CC(=O)O)C2CCCCC2)cc1. The predicted octanol–water partition coefficient (Wildman–Crippen LogP) is 3.39. The number of carboxylic acids is 1. The van der Waals surface area contributed by atoms with Gasteiger partial charge < -0.3 is 20.2 Å². The summed E-state index contributed by atoms with van der Waals surface area (Å²) in [5, 5.41) is 12.5. The fourth-order valence-electron chi connectivity index (χ4n) is 5.44. The minimum Gasteiger partial charge on any atom is -0.481 e. The van der Waals surface area contributed by atoms with E-state index in [0.717, 1.165) is 43.2 Å². The first-order valence-electron chi connectivity index (χ1n) is 13.1. The number of aliphatic carboxylic acids is 1. The molecule has 0 bridgehead atoms. The van der Waals surface area contributed by atoms with E-state index in [-0.39, 0.29) is 43.7 Å². The van der Waals surface area contributed by atoms with Crippen LogP contribution in [0.15, 0.2) is 54.6 Å². The number of aryl methyl sites for hydroxylation is 1. The number of hydrogen-bond acceptors (Lipinski definition) is 4. The molecule has 1 heterocycles. The number of carboxylic acid groups (broad SMARTS) is 1. The summed E-state index contributed by atoms with van der Waals surface area (Å²) in [5.41, 5.74) is 2.27. The van der Waals surface area contributed by atoms with Gasteiger partial charge in [0.25, 0.3) is 11.8 Å². The zero-order valence-electron chi connectivity index (χ0n) is 21.3. The number of amides is 3. The second-order valence-electron chi connectivity index (χ2n) is 10.1. The Hall–Kier alpha value is -3.68. The first-order valence-corrected chi connectivity index (χ1v) is 13.1. The fraction of sp³-hybridized carbons (Fsp3) is 0.448. The largest absolute Gasteiger partial charge is 0.481 e. The van der Waals surface area contributed by atoms with Crippen LogP contribution in [0.5, 0.6) is 0 Å². The lowest BCUT2D eigenvalue weighted by Crippen LogP contribution is -2.57. The van der Waals surface area contributed by atoms with Crippen LogP contribution in [0.2, 0.25) is 0 Å². The molecule has 1 aliphatic heterocycles. The number of nitrogens with zero attached hydrogens (tertiary/aromatic N) is 2. The third kappa shape index (κ3) is 6.56. The van der Waals surface area contributed by atoms with Gasteiger partial charge in [0.1, 0.15) is 0 Å². The van der Waals surface area contributed by atoms with Crippen molar-refractivity contribution in [3.05, 3.63) is 71.3 Å². The van der Waals surface area contributed by atoms with Crippen molar-refractivity contribution in [2.24, 2.45) is 5.92 Å². The molecule has 2 aromatic rings. The normalized spacial score (nSPS) is 18.9. The lowest BCUT2D eigenvalue weighted by Gasteiger charge is -2.34. The van der Waals surface area contributed by atoms with Gasteiger partial charge in [-0.25, -0.2) is 0 Å². The molecule has 3 amide bonds. The van der Waals surface area contributed by atoms with E-state index in [0.29, 0.717) is 5.56 Å². The summed E-state index contributed by atoms with van der Waals surface area (Å²) in [4.78, 5) is 55.1. The third-order valence-electron chi connectivity index (χ3n) is 7.43. The summed E-state index contributed by atoms with van der Waals surface area (Å²) in [6, 6.07) is 15.8. The summed E-state index contributed by atoms with van der Waals surface area (Å²) in [7, 11) is 0. The Balaban J connectivity index is 1.59. The Morgan fingerprint density at radius 1 is 0.919 bits per heavy atom. The molecule has 4 rings (SSSR count). The van der Waals surface area contributed by atoms with Gasteiger partial charge in [-0.3, -0.25) is 19.2 Å². The molecule has 8 nitrogen and oxygen atoms in total. The molecule has 2 aliphatic rings. The van der Waals surface area contributed by atoms with Crippen LogP contribution >= 0.6 is 0 Å². The molecule has 196 valence electrons. The van der Waals surface area contributed by atoms with Crippen molar-refractivity contribution in [1.29, 1.82) is 0 Å². The molecule has 8 heteroatoms. The summed E-state index contributed by atoms with van der Waals surface area (Å²) in [6.45, 7) is 2.38. The second-order valence-corrected chi connectivity index (χ2v) is 10.1. The highest BCUT2D eigenvalue weighted by molar-refractivity contribution is 5.99. The van der Waals surface area contributed by atoms with E-state index < -0.39 is 24.1 Å². The molecule has 2 N–H and O–H groups in total. The summed E-state index contributed by atoms with van der Waals surface area (Å²) in [5.74, 6) is -2.01. The number of benzene rings is 2. The fourth-order valence-corrected chi connectivity index (χ4v) is 5.44. The highest BCUT2D eigenvalue weighted by Gasteiger charge is 2.44. The lowest BCUT2D eigenvalue weighted by atomic mass is 9.82. The zero-order valence-corrected chi connectivity index (χ0v) is 21.3. The van der Waals surface area contributed by atoms with E-state index in [9.17, 15) is 24.3 Å². The number of nitrogens with one attached hydrogen (secondary N) is 1. The Morgan fingerprint density at radius 2 is 1.57 bits per heavy atom. The van der Waals surface area contributed by atoms with E-state index in [1.54, 1.807) is 12.1 Å². The monoisotopic (exact) mass is 505 g/mol. The van der Waals surface area contributed by atoms with Gasteiger partial charge in [-0.15, -0.1) is 0 Å². The molecule has 1 saturated heterocycles. The van der Waals surface area contributed by atoms with Crippen LogP contribution in [0.25, 0.3) is 0 Å². The van der Waals surface area contributed by atoms with Gasteiger partial charge in [0.05, 0.1) is 12.8 Å². The molecule has 0 radical (unpaired) electrons. The molecule has 1 saturated carbocycles. The molecule has 2 unspecified atom stereocenters. The van der Waals surface area contributed by atoms with Gasteiger partial charge >= 0.3 is 5.97 Å². The minimum absolute atomic E-state index is 0.0601. The van der Waals surface area contributed by atoms with Crippen LogP contribution in [0.4, 0.5) is 0 Å². The van der Waals surface area contributed by atoms with E-state index in [2.05, 4.69) is 5.32 Å². The second kappa shape index (κ2) is 12.0. The lowest BCUT2D eigenvalue weighted by molar-refractivity contribution is -0.143. The van der Waals surface area contributed by atoms with Crippen LogP contribution in [0.1, 0.15) is 60.0 Å². The molecule has 0 spiro atoms. The number of carbonyl (C=O) groups excluding carboxylic acids is 3. The van der Waals surface area contributed by atoms with E-state index in [1.807, 2.05) is 49.4 Å². The maximum atomic E-state index is 13.8. The number of rotatable bonds is 8. The van der Waals surface area contributed by atoms with Crippen molar-refractivity contribution in [3.63, 3.8) is 0 Å². The van der Waals surface area contributed by atoms with Crippen LogP contribution in [-0.4, -0.2) is 63.9 Å². The summed E-state index contributed by atoms with van der Waals surface area (Å²) >= 11 is 0. The zero-order chi connectivity index (χ0) is 26.4. The summed E-state index contributed by atoms with van der Waals surface area (Å²) < 4.78 is 0. The average molecular weight is 506 g/mol. The average Bonchev–Trinajstić information content (AvgIpc) is 3.35. The first kappa shape index (κ1) is 26.4. The van der Waals surface area contributed by atoms with Gasteiger partial charge in [-0.2, -0.15) is 0 Å². The highest BCUT2D eigenvalue weighted by Crippen LogP contribution is 2.29. The van der Waals surface area contributed by atoms with Crippen molar-refractivity contribution < 1.29 is 24.3 Å². The van der Waals surface area contributed by atoms with Crippen molar-refractivity contribution in [3.8, 4) is 0 Å². The Labute approximate surface area is 217 Å². The van der Waals surface area contributed by atoms with Crippen molar-refractivity contribution in [1.82, 2.24) is 15.1 Å².